The van der Waals surface area contributed by atoms with E-state index in [0.717, 1.165) is 33.6 Å². The van der Waals surface area contributed by atoms with E-state index in [9.17, 15) is 4.79 Å². The Kier molecular flexibility index (Phi) is 3.48. The van der Waals surface area contributed by atoms with Crippen LogP contribution in [0.15, 0.2) is 35.0 Å². The molecule has 3 rings (SSSR count). The molecule has 0 radical (unpaired) electrons. The molecule has 0 fully saturated rings. The normalized spacial score (nSPS) is 11.0. The standard InChI is InChI=1S/C16H17N3O2/c1-10-14(11(2)21-19-10)5-6-16(20)18-13-4-3-12-7-8-17-15(12)9-13/h3-4,7-9,17H,5-6H2,1-2H3,(H,18,20). The van der Waals surface area contributed by atoms with E-state index in [2.05, 4.69) is 15.5 Å². The van der Waals surface area contributed by atoms with Crippen molar-refractivity contribution in [2.45, 2.75) is 26.7 Å². The van der Waals surface area contributed by atoms with Crippen LogP contribution in [0.5, 0.6) is 0 Å². The molecule has 1 aromatic carbocycles. The highest BCUT2D eigenvalue weighted by Crippen LogP contribution is 2.18. The highest BCUT2D eigenvalue weighted by atomic mass is 16.5. The Morgan fingerprint density at radius 3 is 2.95 bits per heavy atom. The van der Waals surface area contributed by atoms with Gasteiger partial charge in [-0.25, -0.2) is 0 Å². The minimum Gasteiger partial charge on any atom is -0.361 e. The van der Waals surface area contributed by atoms with Crippen molar-refractivity contribution in [1.82, 2.24) is 10.1 Å². The Balaban J connectivity index is 1.63. The van der Waals surface area contributed by atoms with E-state index in [-0.39, 0.29) is 5.91 Å². The van der Waals surface area contributed by atoms with Crippen molar-refractivity contribution in [2.75, 3.05) is 5.32 Å². The monoisotopic (exact) mass is 283 g/mol. The molecule has 21 heavy (non-hydrogen) atoms. The Bertz CT molecular complexity index is 766. The fourth-order valence-corrected chi connectivity index (χ4v) is 2.45. The SMILES string of the molecule is Cc1noc(C)c1CCC(=O)Nc1ccc2cc[nH]c2c1. The number of hydrogen-bond acceptors (Lipinski definition) is 3. The van der Waals surface area contributed by atoms with Gasteiger partial charge in [0.2, 0.25) is 5.91 Å². The van der Waals surface area contributed by atoms with Crippen molar-refractivity contribution in [2.24, 2.45) is 0 Å². The van der Waals surface area contributed by atoms with E-state index in [4.69, 9.17) is 4.52 Å². The third-order valence-corrected chi connectivity index (χ3v) is 3.62. The number of fused-ring (bicyclic) bond motifs is 1. The summed E-state index contributed by atoms with van der Waals surface area (Å²) < 4.78 is 5.10. The average Bonchev–Trinajstić information content (AvgIpc) is 3.04. The van der Waals surface area contributed by atoms with Gasteiger partial charge in [0.25, 0.3) is 0 Å². The van der Waals surface area contributed by atoms with Crippen LogP contribution >= 0.6 is 0 Å². The van der Waals surface area contributed by atoms with Crippen molar-refractivity contribution in [3.63, 3.8) is 0 Å². The minimum atomic E-state index is -0.0130. The Morgan fingerprint density at radius 1 is 1.33 bits per heavy atom. The van der Waals surface area contributed by atoms with Crippen molar-refractivity contribution in [3.05, 3.63) is 47.5 Å². The van der Waals surface area contributed by atoms with Crippen molar-refractivity contribution < 1.29 is 9.32 Å². The van der Waals surface area contributed by atoms with Crippen molar-refractivity contribution in [1.29, 1.82) is 0 Å². The zero-order valence-corrected chi connectivity index (χ0v) is 12.1. The Hall–Kier alpha value is -2.56. The van der Waals surface area contributed by atoms with E-state index < -0.39 is 0 Å². The van der Waals surface area contributed by atoms with Gasteiger partial charge in [-0.1, -0.05) is 11.2 Å². The van der Waals surface area contributed by atoms with Gasteiger partial charge in [0.05, 0.1) is 5.69 Å². The second kappa shape index (κ2) is 5.44. The quantitative estimate of drug-likeness (QED) is 0.771. The van der Waals surface area contributed by atoms with Crippen LogP contribution in [0.3, 0.4) is 0 Å². The molecule has 0 spiro atoms. The molecule has 2 aromatic heterocycles. The molecule has 3 aromatic rings. The van der Waals surface area contributed by atoms with Gasteiger partial charge in [0, 0.05) is 29.4 Å². The Labute approximate surface area is 122 Å². The second-order valence-corrected chi connectivity index (χ2v) is 5.13. The molecular formula is C16H17N3O2. The number of carbonyl (C=O) groups is 1. The number of aromatic nitrogens is 2. The summed E-state index contributed by atoms with van der Waals surface area (Å²) in [5, 5.41) is 7.94. The van der Waals surface area contributed by atoms with Crippen LogP contribution < -0.4 is 5.32 Å². The largest absolute Gasteiger partial charge is 0.361 e. The molecule has 0 unspecified atom stereocenters. The van der Waals surface area contributed by atoms with Gasteiger partial charge < -0.3 is 14.8 Å². The molecule has 108 valence electrons. The predicted molar refractivity (Wildman–Crippen MR) is 81.2 cm³/mol. The molecular weight excluding hydrogens is 266 g/mol. The summed E-state index contributed by atoms with van der Waals surface area (Å²) in [6, 6.07) is 7.82. The summed E-state index contributed by atoms with van der Waals surface area (Å²) in [6.45, 7) is 3.76. The van der Waals surface area contributed by atoms with E-state index in [1.54, 1.807) is 0 Å². The van der Waals surface area contributed by atoms with Crippen LogP contribution in [0.2, 0.25) is 0 Å². The fraction of sp³-hybridized carbons (Fsp3) is 0.250. The molecule has 0 bridgehead atoms. The van der Waals surface area contributed by atoms with Crippen LogP contribution in [-0.2, 0) is 11.2 Å². The lowest BCUT2D eigenvalue weighted by Crippen LogP contribution is -2.12. The van der Waals surface area contributed by atoms with Gasteiger partial charge in [0.1, 0.15) is 5.76 Å². The van der Waals surface area contributed by atoms with E-state index >= 15 is 0 Å². The third kappa shape index (κ3) is 2.81. The lowest BCUT2D eigenvalue weighted by molar-refractivity contribution is -0.116. The third-order valence-electron chi connectivity index (χ3n) is 3.62. The molecule has 0 aliphatic carbocycles. The van der Waals surface area contributed by atoms with Gasteiger partial charge in [0.15, 0.2) is 0 Å². The lowest BCUT2D eigenvalue weighted by Gasteiger charge is -2.05. The van der Waals surface area contributed by atoms with Crippen LogP contribution in [0.25, 0.3) is 10.9 Å². The highest BCUT2D eigenvalue weighted by Gasteiger charge is 2.11. The number of benzene rings is 1. The number of H-pyrrole nitrogens is 1. The average molecular weight is 283 g/mol. The van der Waals surface area contributed by atoms with E-state index in [1.807, 2.05) is 44.3 Å². The molecule has 0 aliphatic rings. The maximum absolute atomic E-state index is 12.0. The number of anilines is 1. The van der Waals surface area contributed by atoms with Gasteiger partial charge in [-0.05, 0) is 43.9 Å². The first-order valence-corrected chi connectivity index (χ1v) is 6.92. The lowest BCUT2D eigenvalue weighted by atomic mass is 10.1. The van der Waals surface area contributed by atoms with Crippen LogP contribution in [0.4, 0.5) is 5.69 Å². The number of aryl methyl sites for hydroxylation is 2. The van der Waals surface area contributed by atoms with Gasteiger partial charge in [-0.3, -0.25) is 4.79 Å². The van der Waals surface area contributed by atoms with Gasteiger partial charge >= 0.3 is 0 Å². The van der Waals surface area contributed by atoms with Gasteiger partial charge in [-0.15, -0.1) is 0 Å². The first-order chi connectivity index (χ1) is 10.1. The van der Waals surface area contributed by atoms with Crippen LogP contribution in [0, 0.1) is 13.8 Å². The second-order valence-electron chi connectivity index (χ2n) is 5.13. The molecule has 5 heteroatoms. The number of nitrogens with one attached hydrogen (secondary N) is 2. The van der Waals surface area contributed by atoms with Crippen LogP contribution in [-0.4, -0.2) is 16.0 Å². The number of hydrogen-bond donors (Lipinski definition) is 2. The number of nitrogens with zero attached hydrogens (tertiary/aromatic N) is 1. The maximum atomic E-state index is 12.0. The summed E-state index contributed by atoms with van der Waals surface area (Å²) in [7, 11) is 0. The molecule has 0 saturated carbocycles. The van der Waals surface area contributed by atoms with Gasteiger partial charge in [-0.2, -0.15) is 0 Å². The summed E-state index contributed by atoms with van der Waals surface area (Å²) in [5.74, 6) is 0.772. The number of aromatic amines is 1. The zero-order valence-electron chi connectivity index (χ0n) is 12.1. The first kappa shape index (κ1) is 13.4. The topological polar surface area (TPSA) is 70.9 Å². The molecule has 0 saturated heterocycles. The summed E-state index contributed by atoms with van der Waals surface area (Å²) >= 11 is 0. The smallest absolute Gasteiger partial charge is 0.224 e. The predicted octanol–water partition coefficient (Wildman–Crippen LogP) is 3.34. The van der Waals surface area contributed by atoms with Crippen molar-refractivity contribution in [3.8, 4) is 0 Å². The van der Waals surface area contributed by atoms with Crippen LogP contribution in [0.1, 0.15) is 23.4 Å². The summed E-state index contributed by atoms with van der Waals surface area (Å²) in [6.07, 6.45) is 2.93. The Morgan fingerprint density at radius 2 is 2.19 bits per heavy atom. The molecule has 5 nitrogen and oxygen atoms in total. The molecule has 0 atom stereocenters. The highest BCUT2D eigenvalue weighted by molar-refractivity contribution is 5.93. The zero-order chi connectivity index (χ0) is 14.8. The molecule has 2 N–H and O–H groups in total. The molecule has 1 amide bonds. The molecule has 2 heterocycles. The summed E-state index contributed by atoms with van der Waals surface area (Å²) in [5.41, 5.74) is 3.69. The van der Waals surface area contributed by atoms with Crippen molar-refractivity contribution >= 4 is 22.5 Å². The number of amides is 1. The fourth-order valence-electron chi connectivity index (χ4n) is 2.45. The number of carbonyl (C=O) groups excluding carboxylic acids is 1. The maximum Gasteiger partial charge on any atom is 0.224 e. The summed E-state index contributed by atoms with van der Waals surface area (Å²) in [4.78, 5) is 15.2. The van der Waals surface area contributed by atoms with E-state index in [0.29, 0.717) is 12.8 Å². The number of rotatable bonds is 4. The minimum absolute atomic E-state index is 0.0130. The molecule has 0 aliphatic heterocycles. The van der Waals surface area contributed by atoms with E-state index in [1.165, 1.54) is 0 Å². The first-order valence-electron chi connectivity index (χ1n) is 6.92.